The Morgan fingerprint density at radius 3 is 2.54 bits per heavy atom. The van der Waals surface area contributed by atoms with Crippen LogP contribution in [0.2, 0.25) is 0 Å². The molecule has 0 aromatic heterocycles. The third-order valence-corrected chi connectivity index (χ3v) is 4.79. The van der Waals surface area contributed by atoms with Crippen molar-refractivity contribution in [2.75, 3.05) is 13.1 Å². The van der Waals surface area contributed by atoms with Gasteiger partial charge in [0, 0.05) is 24.9 Å². The first-order chi connectivity index (χ1) is 11.6. The number of hydrogen-bond donors (Lipinski definition) is 2. The van der Waals surface area contributed by atoms with Gasteiger partial charge in [0.25, 0.3) is 0 Å². The van der Waals surface area contributed by atoms with Gasteiger partial charge in [-0.05, 0) is 17.2 Å². The molecule has 6 heteroatoms. The van der Waals surface area contributed by atoms with Crippen LogP contribution in [0.15, 0.2) is 47.2 Å². The maximum Gasteiger partial charge on any atom is 0.191 e. The van der Waals surface area contributed by atoms with Crippen molar-refractivity contribution in [3.05, 3.63) is 58.6 Å². The lowest BCUT2D eigenvalue weighted by molar-refractivity contribution is 0.320. The largest absolute Gasteiger partial charge is 0.399 e. The molecule has 0 fully saturated rings. The van der Waals surface area contributed by atoms with Crippen LogP contribution in [0.5, 0.6) is 0 Å². The summed E-state index contributed by atoms with van der Waals surface area (Å²) in [6.45, 7) is 0.995. The number of rotatable bonds is 1. The van der Waals surface area contributed by atoms with Gasteiger partial charge in [0.1, 0.15) is 11.9 Å². The number of fused-ring (bicyclic) bond motifs is 1. The van der Waals surface area contributed by atoms with Gasteiger partial charge in [0.15, 0.2) is 5.41 Å². The summed E-state index contributed by atoms with van der Waals surface area (Å²) in [4.78, 5) is 0. The molecule has 2 atom stereocenters. The molecule has 3 N–H and O–H groups in total. The van der Waals surface area contributed by atoms with Gasteiger partial charge in [-0.15, -0.1) is 0 Å². The standard InChI is InChI=1S/C18H14FN5/c19-15-4-2-1-3-12(15)16-14-8-24-6-5-11(14)13(7-20)17(23)18(16,9-21)10-22/h1-5,14,16,24H,6,8,23H2. The highest BCUT2D eigenvalue weighted by atomic mass is 19.1. The number of allylic oxidation sites excluding steroid dienone is 2. The van der Waals surface area contributed by atoms with E-state index in [9.17, 15) is 20.2 Å². The number of benzene rings is 1. The fraction of sp³-hybridized carbons (Fsp3) is 0.278. The number of nitrogens with one attached hydrogen (secondary N) is 1. The van der Waals surface area contributed by atoms with E-state index >= 15 is 0 Å². The highest BCUT2D eigenvalue weighted by Gasteiger charge is 2.54. The van der Waals surface area contributed by atoms with E-state index in [1.165, 1.54) is 6.07 Å². The first-order valence-electron chi connectivity index (χ1n) is 7.49. The topological polar surface area (TPSA) is 109 Å². The summed E-state index contributed by atoms with van der Waals surface area (Å²) in [6, 6.07) is 12.1. The molecular formula is C18H14FN5. The van der Waals surface area contributed by atoms with Crippen LogP contribution in [0.3, 0.4) is 0 Å². The van der Waals surface area contributed by atoms with E-state index in [1.807, 2.05) is 24.3 Å². The summed E-state index contributed by atoms with van der Waals surface area (Å²) in [6.07, 6.45) is 1.83. The molecule has 1 aromatic rings. The summed E-state index contributed by atoms with van der Waals surface area (Å²) < 4.78 is 14.5. The molecule has 2 aliphatic rings. The molecule has 0 bridgehead atoms. The molecule has 118 valence electrons. The zero-order valence-electron chi connectivity index (χ0n) is 12.8. The van der Waals surface area contributed by atoms with Crippen LogP contribution in [0.4, 0.5) is 4.39 Å². The van der Waals surface area contributed by atoms with Crippen molar-refractivity contribution in [3.63, 3.8) is 0 Å². The lowest BCUT2D eigenvalue weighted by Crippen LogP contribution is -2.47. The second kappa shape index (κ2) is 5.81. The minimum Gasteiger partial charge on any atom is -0.399 e. The Labute approximate surface area is 139 Å². The highest BCUT2D eigenvalue weighted by Crippen LogP contribution is 2.53. The Bertz CT molecular complexity index is 864. The lowest BCUT2D eigenvalue weighted by Gasteiger charge is -2.43. The molecule has 24 heavy (non-hydrogen) atoms. The molecule has 1 aliphatic carbocycles. The normalized spacial score (nSPS) is 24.8. The summed E-state index contributed by atoms with van der Waals surface area (Å²) in [7, 11) is 0. The second-order valence-corrected chi connectivity index (χ2v) is 5.86. The van der Waals surface area contributed by atoms with Crippen molar-refractivity contribution in [1.82, 2.24) is 5.32 Å². The summed E-state index contributed by atoms with van der Waals surface area (Å²) in [5, 5.41) is 32.2. The number of nitrogens with zero attached hydrogens (tertiary/aromatic N) is 3. The number of halogens is 1. The van der Waals surface area contributed by atoms with Crippen LogP contribution >= 0.6 is 0 Å². The van der Waals surface area contributed by atoms with Crippen molar-refractivity contribution < 1.29 is 4.39 Å². The third-order valence-electron chi connectivity index (χ3n) is 4.79. The molecule has 1 aromatic carbocycles. The summed E-state index contributed by atoms with van der Waals surface area (Å²) >= 11 is 0. The van der Waals surface area contributed by atoms with Crippen LogP contribution in [0.1, 0.15) is 11.5 Å². The van der Waals surface area contributed by atoms with E-state index in [0.717, 1.165) is 0 Å². The molecule has 0 radical (unpaired) electrons. The van der Waals surface area contributed by atoms with Gasteiger partial charge in [-0.3, -0.25) is 0 Å². The maximum absolute atomic E-state index is 14.5. The van der Waals surface area contributed by atoms with Crippen LogP contribution in [-0.2, 0) is 0 Å². The average molecular weight is 319 g/mol. The number of nitriles is 3. The van der Waals surface area contributed by atoms with E-state index in [2.05, 4.69) is 5.32 Å². The average Bonchev–Trinajstić information content (AvgIpc) is 2.62. The molecule has 3 rings (SSSR count). The Hall–Kier alpha value is -3.14. The minimum absolute atomic E-state index is 0.0901. The van der Waals surface area contributed by atoms with Crippen LogP contribution in [0.25, 0.3) is 0 Å². The third kappa shape index (κ3) is 2.00. The smallest absolute Gasteiger partial charge is 0.191 e. The van der Waals surface area contributed by atoms with Crippen LogP contribution in [-0.4, -0.2) is 13.1 Å². The molecule has 1 heterocycles. The van der Waals surface area contributed by atoms with Crippen molar-refractivity contribution in [3.8, 4) is 18.2 Å². The fourth-order valence-corrected chi connectivity index (χ4v) is 3.68. The SMILES string of the molecule is N#CC1=C(N)C(C#N)(C#N)C(c2ccccc2F)C2CNCC=C12. The van der Waals surface area contributed by atoms with Gasteiger partial charge >= 0.3 is 0 Å². The van der Waals surface area contributed by atoms with Gasteiger partial charge < -0.3 is 11.1 Å². The second-order valence-electron chi connectivity index (χ2n) is 5.86. The van der Waals surface area contributed by atoms with Gasteiger partial charge in [-0.1, -0.05) is 24.3 Å². The highest BCUT2D eigenvalue weighted by molar-refractivity contribution is 5.59. The fourth-order valence-electron chi connectivity index (χ4n) is 3.68. The Kier molecular flexibility index (Phi) is 3.81. The number of hydrogen-bond acceptors (Lipinski definition) is 5. The van der Waals surface area contributed by atoms with Gasteiger partial charge in [0.05, 0.1) is 23.4 Å². The minimum atomic E-state index is -1.78. The van der Waals surface area contributed by atoms with E-state index < -0.39 is 17.2 Å². The van der Waals surface area contributed by atoms with E-state index in [-0.39, 0.29) is 22.8 Å². The molecule has 5 nitrogen and oxygen atoms in total. The quantitative estimate of drug-likeness (QED) is 0.820. The zero-order valence-corrected chi connectivity index (χ0v) is 12.8. The predicted molar refractivity (Wildman–Crippen MR) is 84.1 cm³/mol. The van der Waals surface area contributed by atoms with Crippen LogP contribution in [0, 0.1) is 51.1 Å². The van der Waals surface area contributed by atoms with Gasteiger partial charge in [0.2, 0.25) is 0 Å². The lowest BCUT2D eigenvalue weighted by atomic mass is 9.58. The van der Waals surface area contributed by atoms with Crippen molar-refractivity contribution in [2.24, 2.45) is 17.1 Å². The van der Waals surface area contributed by atoms with E-state index in [1.54, 1.807) is 18.2 Å². The first kappa shape index (κ1) is 15.7. The van der Waals surface area contributed by atoms with Gasteiger partial charge in [-0.2, -0.15) is 15.8 Å². The molecule has 0 spiro atoms. The summed E-state index contributed by atoms with van der Waals surface area (Å²) in [5.74, 6) is -1.66. The molecule has 0 saturated heterocycles. The van der Waals surface area contributed by atoms with Gasteiger partial charge in [-0.25, -0.2) is 4.39 Å². The molecular weight excluding hydrogens is 305 g/mol. The van der Waals surface area contributed by atoms with E-state index in [0.29, 0.717) is 18.7 Å². The van der Waals surface area contributed by atoms with Crippen molar-refractivity contribution >= 4 is 0 Å². The maximum atomic E-state index is 14.5. The molecule has 0 amide bonds. The zero-order chi connectivity index (χ0) is 17.3. The van der Waals surface area contributed by atoms with Crippen LogP contribution < -0.4 is 11.1 Å². The molecule has 1 aliphatic heterocycles. The van der Waals surface area contributed by atoms with Crippen molar-refractivity contribution in [2.45, 2.75) is 5.92 Å². The molecule has 0 saturated carbocycles. The Morgan fingerprint density at radius 1 is 1.21 bits per heavy atom. The van der Waals surface area contributed by atoms with Crippen molar-refractivity contribution in [1.29, 1.82) is 15.8 Å². The Balaban J connectivity index is 2.37. The Morgan fingerprint density at radius 2 is 1.92 bits per heavy atom. The summed E-state index contributed by atoms with van der Waals surface area (Å²) in [5.41, 5.74) is 5.34. The van der Waals surface area contributed by atoms with E-state index in [4.69, 9.17) is 5.73 Å². The first-order valence-corrected chi connectivity index (χ1v) is 7.49. The number of nitrogens with two attached hydrogens (primary N) is 1. The molecule has 2 unspecified atom stereocenters. The predicted octanol–water partition coefficient (Wildman–Crippen LogP) is 1.84. The monoisotopic (exact) mass is 319 g/mol.